The van der Waals surface area contributed by atoms with Crippen molar-refractivity contribution in [2.45, 2.75) is 44.9 Å². The molecule has 0 bridgehead atoms. The molecule has 0 unspecified atom stereocenters. The Morgan fingerprint density at radius 3 is 2.35 bits per heavy atom. The van der Waals surface area contributed by atoms with Crippen LogP contribution in [0.15, 0.2) is 42.5 Å². The lowest BCUT2D eigenvalue weighted by Crippen LogP contribution is -2.09. The number of fused-ring (bicyclic) bond motifs is 1. The average Bonchev–Trinajstić information content (AvgIpc) is 2.57. The predicted octanol–water partition coefficient (Wildman–Crippen LogP) is 5.50. The zero-order chi connectivity index (χ0) is 16.3. The summed E-state index contributed by atoms with van der Waals surface area (Å²) in [5, 5.41) is 2.36. The molecule has 0 N–H and O–H groups in total. The van der Waals surface area contributed by atoms with Gasteiger partial charge in [-0.2, -0.15) is 0 Å². The van der Waals surface area contributed by atoms with Crippen molar-refractivity contribution in [1.29, 1.82) is 0 Å². The quantitative estimate of drug-likeness (QED) is 0.326. The van der Waals surface area contributed by atoms with Gasteiger partial charge in [0.1, 0.15) is 0 Å². The Morgan fingerprint density at radius 2 is 1.57 bits per heavy atom. The summed E-state index contributed by atoms with van der Waals surface area (Å²) in [6, 6.07) is 14.3. The molecule has 0 amide bonds. The van der Waals surface area contributed by atoms with Gasteiger partial charge in [-0.05, 0) is 29.2 Å². The Hall–Kier alpha value is -1.54. The number of benzene rings is 2. The van der Waals surface area contributed by atoms with E-state index >= 15 is 0 Å². The molecule has 0 heterocycles. The first-order chi connectivity index (χ1) is 11.3. The minimum atomic E-state index is -0.137. The van der Waals surface area contributed by atoms with Crippen molar-refractivity contribution < 1.29 is 9.53 Å². The van der Waals surface area contributed by atoms with Crippen molar-refractivity contribution in [3.05, 3.63) is 48.0 Å². The molecule has 124 valence electrons. The molecule has 3 heteroatoms. The first-order valence-corrected chi connectivity index (χ1v) is 9.02. The van der Waals surface area contributed by atoms with Crippen LogP contribution in [0.1, 0.15) is 44.1 Å². The number of hydrogen-bond acceptors (Lipinski definition) is 2. The molecule has 0 atom stereocenters. The van der Waals surface area contributed by atoms with E-state index in [0.717, 1.165) is 36.1 Å². The maximum atomic E-state index is 11.9. The van der Waals surface area contributed by atoms with Crippen molar-refractivity contribution in [3.63, 3.8) is 0 Å². The molecule has 0 aliphatic carbocycles. The zero-order valence-corrected chi connectivity index (χ0v) is 14.4. The first kappa shape index (κ1) is 17.8. The van der Waals surface area contributed by atoms with E-state index in [1.807, 2.05) is 18.2 Å². The number of carbonyl (C=O) groups excluding carboxylic acids is 1. The molecule has 0 aliphatic rings. The number of unbranched alkanes of at least 4 members (excludes halogenated alkanes) is 5. The van der Waals surface area contributed by atoms with Crippen LogP contribution in [0.4, 0.5) is 0 Å². The number of alkyl halides is 1. The van der Waals surface area contributed by atoms with Crippen molar-refractivity contribution in [2.75, 3.05) is 12.5 Å². The molecule has 2 aromatic carbocycles. The second-order valence-corrected chi connectivity index (χ2v) is 6.27. The van der Waals surface area contributed by atoms with Gasteiger partial charge in [0.25, 0.3) is 0 Å². The van der Waals surface area contributed by atoms with E-state index in [1.165, 1.54) is 24.6 Å². The van der Waals surface area contributed by atoms with E-state index in [0.29, 0.717) is 13.0 Å². The molecule has 0 saturated heterocycles. The zero-order valence-electron chi connectivity index (χ0n) is 13.6. The summed E-state index contributed by atoms with van der Waals surface area (Å²) < 4.78 is 5.33. The molecule has 0 aromatic heterocycles. The van der Waals surface area contributed by atoms with Crippen molar-refractivity contribution in [1.82, 2.24) is 0 Å². The topological polar surface area (TPSA) is 26.3 Å². The van der Waals surface area contributed by atoms with Gasteiger partial charge in [0.2, 0.25) is 0 Å². The maximum absolute atomic E-state index is 11.9. The molecule has 0 saturated carbocycles. The van der Waals surface area contributed by atoms with Crippen LogP contribution in [-0.2, 0) is 16.0 Å². The van der Waals surface area contributed by atoms with E-state index in [2.05, 4.69) is 24.3 Å². The van der Waals surface area contributed by atoms with Crippen LogP contribution < -0.4 is 0 Å². The highest BCUT2D eigenvalue weighted by Crippen LogP contribution is 2.16. The van der Waals surface area contributed by atoms with Crippen LogP contribution in [0.25, 0.3) is 10.8 Å². The fourth-order valence-electron chi connectivity index (χ4n) is 2.66. The minimum absolute atomic E-state index is 0.137. The normalized spacial score (nSPS) is 10.8. The van der Waals surface area contributed by atoms with Crippen LogP contribution in [-0.4, -0.2) is 18.5 Å². The molecule has 2 rings (SSSR count). The van der Waals surface area contributed by atoms with E-state index in [9.17, 15) is 4.79 Å². The molecule has 0 radical (unpaired) electrons. The number of rotatable bonds is 10. The minimum Gasteiger partial charge on any atom is -0.465 e. The standard InChI is InChI=1S/C20H25ClO2/c21-13-7-3-1-2-4-8-14-23-20(22)16-17-11-12-18-9-5-6-10-19(18)15-17/h5-6,9-12,15H,1-4,7-8,13-14,16H2. The third-order valence-electron chi connectivity index (χ3n) is 3.95. The second-order valence-electron chi connectivity index (χ2n) is 5.89. The molecule has 2 nitrogen and oxygen atoms in total. The van der Waals surface area contributed by atoms with Crippen LogP contribution >= 0.6 is 11.6 Å². The summed E-state index contributed by atoms with van der Waals surface area (Å²) in [5.74, 6) is 0.620. The lowest BCUT2D eigenvalue weighted by molar-refractivity contribution is -0.142. The highest BCUT2D eigenvalue weighted by atomic mass is 35.5. The van der Waals surface area contributed by atoms with Gasteiger partial charge in [-0.3, -0.25) is 4.79 Å². The summed E-state index contributed by atoms with van der Waals surface area (Å²) in [6.45, 7) is 0.530. The lowest BCUT2D eigenvalue weighted by Gasteiger charge is -2.06. The predicted molar refractivity (Wildman–Crippen MR) is 97.0 cm³/mol. The number of carbonyl (C=O) groups is 1. The van der Waals surface area contributed by atoms with Crippen LogP contribution in [0, 0.1) is 0 Å². The third-order valence-corrected chi connectivity index (χ3v) is 4.22. The summed E-state index contributed by atoms with van der Waals surface area (Å²) in [7, 11) is 0. The summed E-state index contributed by atoms with van der Waals surface area (Å²) >= 11 is 5.64. The van der Waals surface area contributed by atoms with Crippen LogP contribution in [0.3, 0.4) is 0 Å². The molecule has 0 aliphatic heterocycles. The van der Waals surface area contributed by atoms with Crippen LogP contribution in [0.2, 0.25) is 0 Å². The molecule has 0 spiro atoms. The number of esters is 1. The molecule has 0 fully saturated rings. The summed E-state index contributed by atoms with van der Waals surface area (Å²) in [5.41, 5.74) is 1.01. The Labute approximate surface area is 143 Å². The average molecular weight is 333 g/mol. The number of hydrogen-bond donors (Lipinski definition) is 0. The van der Waals surface area contributed by atoms with Crippen molar-refractivity contribution in [3.8, 4) is 0 Å². The maximum Gasteiger partial charge on any atom is 0.310 e. The summed E-state index contributed by atoms with van der Waals surface area (Å²) in [6.07, 6.45) is 7.13. The Balaban J connectivity index is 1.64. The highest BCUT2D eigenvalue weighted by Gasteiger charge is 2.05. The third kappa shape index (κ3) is 6.62. The lowest BCUT2D eigenvalue weighted by atomic mass is 10.1. The van der Waals surface area contributed by atoms with E-state index in [4.69, 9.17) is 16.3 Å². The highest BCUT2D eigenvalue weighted by molar-refractivity contribution is 6.17. The second kappa shape index (κ2) is 10.3. The van der Waals surface area contributed by atoms with E-state index < -0.39 is 0 Å². The molecular weight excluding hydrogens is 308 g/mol. The molecular formula is C20H25ClO2. The van der Waals surface area contributed by atoms with Gasteiger partial charge in [0.15, 0.2) is 0 Å². The fraction of sp³-hybridized carbons (Fsp3) is 0.450. The monoisotopic (exact) mass is 332 g/mol. The smallest absolute Gasteiger partial charge is 0.310 e. The van der Waals surface area contributed by atoms with Gasteiger partial charge in [-0.25, -0.2) is 0 Å². The van der Waals surface area contributed by atoms with Crippen LogP contribution in [0.5, 0.6) is 0 Å². The van der Waals surface area contributed by atoms with E-state index in [1.54, 1.807) is 0 Å². The fourth-order valence-corrected chi connectivity index (χ4v) is 2.85. The van der Waals surface area contributed by atoms with Crippen molar-refractivity contribution >= 4 is 28.3 Å². The number of halogens is 1. The van der Waals surface area contributed by atoms with Gasteiger partial charge < -0.3 is 4.74 Å². The Morgan fingerprint density at radius 1 is 0.870 bits per heavy atom. The number of ether oxygens (including phenoxy) is 1. The molecule has 23 heavy (non-hydrogen) atoms. The Kier molecular flexibility index (Phi) is 7.96. The first-order valence-electron chi connectivity index (χ1n) is 8.49. The molecule has 2 aromatic rings. The van der Waals surface area contributed by atoms with Gasteiger partial charge in [-0.1, -0.05) is 68.1 Å². The van der Waals surface area contributed by atoms with Gasteiger partial charge in [0, 0.05) is 5.88 Å². The van der Waals surface area contributed by atoms with E-state index in [-0.39, 0.29) is 5.97 Å². The SMILES string of the molecule is O=C(Cc1ccc2ccccc2c1)OCCCCCCCCCl. The summed E-state index contributed by atoms with van der Waals surface area (Å²) in [4.78, 5) is 11.9. The van der Waals surface area contributed by atoms with Gasteiger partial charge in [0.05, 0.1) is 13.0 Å². The van der Waals surface area contributed by atoms with Gasteiger partial charge in [-0.15, -0.1) is 11.6 Å². The van der Waals surface area contributed by atoms with Crippen molar-refractivity contribution in [2.24, 2.45) is 0 Å². The Bertz CT molecular complexity index is 609. The van der Waals surface area contributed by atoms with Gasteiger partial charge >= 0.3 is 5.97 Å². The largest absolute Gasteiger partial charge is 0.465 e.